The molecule has 0 spiro atoms. The first kappa shape index (κ1) is 17.8. The lowest BCUT2D eigenvalue weighted by molar-refractivity contribution is -0.188. The van der Waals surface area contributed by atoms with Gasteiger partial charge in [-0.2, -0.15) is 13.2 Å². The number of amides is 1. The third-order valence-corrected chi connectivity index (χ3v) is 4.75. The fraction of sp³-hybridized carbons (Fsp3) is 0.467. The van der Waals surface area contributed by atoms with Crippen molar-refractivity contribution in [3.63, 3.8) is 0 Å². The molecule has 1 heterocycles. The molecule has 2 atom stereocenters. The zero-order valence-corrected chi connectivity index (χ0v) is 13.6. The van der Waals surface area contributed by atoms with Crippen LogP contribution in [-0.4, -0.2) is 41.1 Å². The minimum atomic E-state index is -4.62. The predicted octanol–water partition coefficient (Wildman–Crippen LogP) is 3.10. The highest BCUT2D eigenvalue weighted by Gasteiger charge is 2.53. The van der Waals surface area contributed by atoms with Crippen molar-refractivity contribution in [1.29, 1.82) is 0 Å². The van der Waals surface area contributed by atoms with Gasteiger partial charge in [-0.25, -0.2) is 0 Å². The standard InChI is InChI=1S/C15H15BrF3NO3/c16-12-4-2-1-3-9(12)5-6-13(21)20-7-10(14(22)23)11(8-20)15(17,18)19/h1-4,10-11H,5-8H2,(H,22,23)/t10-,11-/m1/s1. The average molecular weight is 394 g/mol. The molecule has 0 unspecified atom stereocenters. The Morgan fingerprint density at radius 1 is 1.26 bits per heavy atom. The number of aryl methyl sites for hydroxylation is 1. The highest BCUT2D eigenvalue weighted by molar-refractivity contribution is 9.10. The summed E-state index contributed by atoms with van der Waals surface area (Å²) in [6.45, 7) is -0.983. The van der Waals surface area contributed by atoms with Crippen LogP contribution >= 0.6 is 15.9 Å². The lowest BCUT2D eigenvalue weighted by Gasteiger charge is -2.18. The molecule has 1 saturated heterocycles. The number of benzene rings is 1. The summed E-state index contributed by atoms with van der Waals surface area (Å²) in [4.78, 5) is 24.1. The maximum atomic E-state index is 12.9. The van der Waals surface area contributed by atoms with Gasteiger partial charge in [-0.15, -0.1) is 0 Å². The van der Waals surface area contributed by atoms with Gasteiger partial charge in [-0.05, 0) is 18.1 Å². The van der Waals surface area contributed by atoms with Crippen LogP contribution in [-0.2, 0) is 16.0 Å². The van der Waals surface area contributed by atoms with Crippen molar-refractivity contribution in [2.24, 2.45) is 11.8 Å². The second-order valence-corrected chi connectivity index (χ2v) is 6.34. The van der Waals surface area contributed by atoms with Gasteiger partial charge in [0.1, 0.15) is 0 Å². The summed E-state index contributed by atoms with van der Waals surface area (Å²) in [6, 6.07) is 7.26. The fourth-order valence-corrected chi connectivity index (χ4v) is 3.17. The molecule has 4 nitrogen and oxygen atoms in total. The predicted molar refractivity (Wildman–Crippen MR) is 79.7 cm³/mol. The highest BCUT2D eigenvalue weighted by Crippen LogP contribution is 2.38. The first-order valence-corrected chi connectivity index (χ1v) is 7.80. The summed E-state index contributed by atoms with van der Waals surface area (Å²) in [7, 11) is 0. The lowest BCUT2D eigenvalue weighted by Crippen LogP contribution is -2.34. The van der Waals surface area contributed by atoms with Gasteiger partial charge in [-0.3, -0.25) is 9.59 Å². The van der Waals surface area contributed by atoms with E-state index in [2.05, 4.69) is 15.9 Å². The lowest BCUT2D eigenvalue weighted by atomic mass is 9.96. The van der Waals surface area contributed by atoms with E-state index in [1.165, 1.54) is 0 Å². The molecule has 0 radical (unpaired) electrons. The summed E-state index contributed by atoms with van der Waals surface area (Å²) in [5.41, 5.74) is 0.877. The molecule has 1 N–H and O–H groups in total. The second kappa shape index (κ2) is 6.90. The minimum Gasteiger partial charge on any atom is -0.481 e. The topological polar surface area (TPSA) is 57.6 Å². The summed E-state index contributed by atoms with van der Waals surface area (Å²) < 4.78 is 39.5. The van der Waals surface area contributed by atoms with Crippen molar-refractivity contribution in [3.8, 4) is 0 Å². The Morgan fingerprint density at radius 2 is 1.91 bits per heavy atom. The zero-order chi connectivity index (χ0) is 17.2. The van der Waals surface area contributed by atoms with E-state index in [0.29, 0.717) is 6.42 Å². The number of alkyl halides is 3. The Bertz CT molecular complexity index is 606. The first-order valence-electron chi connectivity index (χ1n) is 7.01. The molecule has 0 saturated carbocycles. The Kier molecular flexibility index (Phi) is 5.33. The number of carbonyl (C=O) groups excluding carboxylic acids is 1. The number of nitrogens with zero attached hydrogens (tertiary/aromatic N) is 1. The van der Waals surface area contributed by atoms with E-state index in [-0.39, 0.29) is 6.42 Å². The van der Waals surface area contributed by atoms with Crippen molar-refractivity contribution in [3.05, 3.63) is 34.3 Å². The van der Waals surface area contributed by atoms with E-state index < -0.39 is 43.0 Å². The number of halogens is 4. The monoisotopic (exact) mass is 393 g/mol. The van der Waals surface area contributed by atoms with E-state index in [9.17, 15) is 22.8 Å². The summed E-state index contributed by atoms with van der Waals surface area (Å²) >= 11 is 3.34. The Labute approximate surface area is 139 Å². The maximum Gasteiger partial charge on any atom is 0.394 e. The van der Waals surface area contributed by atoms with Crippen LogP contribution in [0.1, 0.15) is 12.0 Å². The van der Waals surface area contributed by atoms with Gasteiger partial charge in [0.15, 0.2) is 0 Å². The van der Waals surface area contributed by atoms with Crippen LogP contribution in [0.25, 0.3) is 0 Å². The number of carboxylic acid groups (broad SMARTS) is 1. The van der Waals surface area contributed by atoms with E-state index in [4.69, 9.17) is 5.11 Å². The van der Waals surface area contributed by atoms with Crippen LogP contribution in [0.15, 0.2) is 28.7 Å². The molecule has 23 heavy (non-hydrogen) atoms. The molecular formula is C15H15BrF3NO3. The van der Waals surface area contributed by atoms with Gasteiger partial charge in [0.05, 0.1) is 11.8 Å². The molecule has 2 rings (SSSR count). The maximum absolute atomic E-state index is 12.9. The summed E-state index contributed by atoms with van der Waals surface area (Å²) in [6.07, 6.45) is -4.20. The number of carboxylic acids is 1. The normalized spacial score (nSPS) is 21.5. The molecular weight excluding hydrogens is 379 g/mol. The van der Waals surface area contributed by atoms with E-state index in [0.717, 1.165) is 14.9 Å². The fourth-order valence-electron chi connectivity index (χ4n) is 2.69. The number of aliphatic carboxylic acids is 1. The van der Waals surface area contributed by atoms with Gasteiger partial charge in [0.2, 0.25) is 5.91 Å². The van der Waals surface area contributed by atoms with Crippen molar-refractivity contribution in [2.75, 3.05) is 13.1 Å². The SMILES string of the molecule is O=C(O)[C@@H]1CN(C(=O)CCc2ccccc2Br)C[C@H]1C(F)(F)F. The molecule has 0 aliphatic carbocycles. The smallest absolute Gasteiger partial charge is 0.394 e. The Balaban J connectivity index is 2.01. The van der Waals surface area contributed by atoms with E-state index >= 15 is 0 Å². The Hall–Kier alpha value is -1.57. The van der Waals surface area contributed by atoms with E-state index in [1.54, 1.807) is 6.07 Å². The quantitative estimate of drug-likeness (QED) is 0.854. The van der Waals surface area contributed by atoms with Gasteiger partial charge < -0.3 is 10.0 Å². The third kappa shape index (κ3) is 4.25. The number of carbonyl (C=O) groups is 2. The zero-order valence-electron chi connectivity index (χ0n) is 12.0. The number of hydrogen-bond acceptors (Lipinski definition) is 2. The summed E-state index contributed by atoms with van der Waals surface area (Å²) in [5.74, 6) is -5.58. The van der Waals surface area contributed by atoms with Crippen molar-refractivity contribution in [1.82, 2.24) is 4.90 Å². The number of rotatable bonds is 4. The van der Waals surface area contributed by atoms with E-state index in [1.807, 2.05) is 18.2 Å². The van der Waals surface area contributed by atoms with Crippen molar-refractivity contribution < 1.29 is 27.9 Å². The molecule has 0 aromatic heterocycles. The van der Waals surface area contributed by atoms with Crippen molar-refractivity contribution in [2.45, 2.75) is 19.0 Å². The summed E-state index contributed by atoms with van der Waals surface area (Å²) in [5, 5.41) is 8.95. The first-order chi connectivity index (χ1) is 10.7. The number of hydrogen-bond donors (Lipinski definition) is 1. The molecule has 126 valence electrons. The molecule has 8 heteroatoms. The largest absolute Gasteiger partial charge is 0.481 e. The molecule has 1 aromatic rings. The molecule has 1 aromatic carbocycles. The van der Waals surface area contributed by atoms with Crippen LogP contribution < -0.4 is 0 Å². The minimum absolute atomic E-state index is 0.0412. The van der Waals surface area contributed by atoms with Gasteiger partial charge in [0, 0.05) is 24.0 Å². The van der Waals surface area contributed by atoms with Crippen LogP contribution in [0.4, 0.5) is 13.2 Å². The number of likely N-dealkylation sites (tertiary alicyclic amines) is 1. The molecule has 1 aliphatic heterocycles. The third-order valence-electron chi connectivity index (χ3n) is 3.98. The average Bonchev–Trinajstić information content (AvgIpc) is 2.91. The Morgan fingerprint density at radius 3 is 2.43 bits per heavy atom. The van der Waals surface area contributed by atoms with Gasteiger partial charge >= 0.3 is 12.1 Å². The van der Waals surface area contributed by atoms with Crippen molar-refractivity contribution >= 4 is 27.8 Å². The van der Waals surface area contributed by atoms with Gasteiger partial charge in [0.25, 0.3) is 0 Å². The molecule has 0 bridgehead atoms. The second-order valence-electron chi connectivity index (χ2n) is 5.48. The van der Waals surface area contributed by atoms with Gasteiger partial charge in [-0.1, -0.05) is 34.1 Å². The molecule has 1 amide bonds. The molecule has 1 fully saturated rings. The van der Waals surface area contributed by atoms with Crippen LogP contribution in [0, 0.1) is 11.8 Å². The van der Waals surface area contributed by atoms with Crippen LogP contribution in [0.2, 0.25) is 0 Å². The van der Waals surface area contributed by atoms with Crippen LogP contribution in [0.3, 0.4) is 0 Å². The molecule has 1 aliphatic rings. The highest BCUT2D eigenvalue weighted by atomic mass is 79.9. The van der Waals surface area contributed by atoms with Crippen LogP contribution in [0.5, 0.6) is 0 Å².